The van der Waals surface area contributed by atoms with Gasteiger partial charge in [0.2, 0.25) is 10.0 Å². The number of nitrogens with zero attached hydrogens (tertiary/aromatic N) is 1. The quantitative estimate of drug-likeness (QED) is 0.790. The third-order valence-electron chi connectivity index (χ3n) is 2.91. The van der Waals surface area contributed by atoms with Crippen molar-refractivity contribution in [3.8, 4) is 0 Å². The van der Waals surface area contributed by atoms with Crippen LogP contribution in [0.4, 0.5) is 5.69 Å². The van der Waals surface area contributed by atoms with Crippen LogP contribution in [0.1, 0.15) is 29.8 Å². The smallest absolute Gasteiger partial charge is 0.338 e. The summed E-state index contributed by atoms with van der Waals surface area (Å²) in [6.45, 7) is 4.00. The van der Waals surface area contributed by atoms with Gasteiger partial charge in [0.25, 0.3) is 0 Å². The molecule has 1 aromatic carbocycles. The van der Waals surface area contributed by atoms with Crippen molar-refractivity contribution in [1.29, 1.82) is 0 Å². The van der Waals surface area contributed by atoms with E-state index in [0.29, 0.717) is 24.2 Å². The first-order chi connectivity index (χ1) is 8.79. The third-order valence-corrected chi connectivity index (χ3v) is 4.09. The minimum Gasteiger partial charge on any atom is -0.459 e. The Morgan fingerprint density at radius 1 is 1.37 bits per heavy atom. The van der Waals surface area contributed by atoms with Crippen LogP contribution in [0.3, 0.4) is 0 Å². The fourth-order valence-electron chi connectivity index (χ4n) is 2.13. The number of anilines is 1. The van der Waals surface area contributed by atoms with Gasteiger partial charge in [-0.15, -0.1) is 0 Å². The maximum atomic E-state index is 11.8. The van der Waals surface area contributed by atoms with Crippen molar-refractivity contribution in [2.24, 2.45) is 0 Å². The SMILES string of the molecule is CC(C)OC(=O)c1ccc2c(c1)CCN2S(C)(=O)=O. The van der Waals surface area contributed by atoms with E-state index < -0.39 is 10.0 Å². The van der Waals surface area contributed by atoms with E-state index in [9.17, 15) is 13.2 Å². The molecule has 0 aromatic heterocycles. The zero-order chi connectivity index (χ0) is 14.2. The van der Waals surface area contributed by atoms with Gasteiger partial charge in [0, 0.05) is 6.54 Å². The lowest BCUT2D eigenvalue weighted by molar-refractivity contribution is 0.0378. The van der Waals surface area contributed by atoms with Gasteiger partial charge in [-0.2, -0.15) is 0 Å². The van der Waals surface area contributed by atoms with Crippen LogP contribution in [0.5, 0.6) is 0 Å². The topological polar surface area (TPSA) is 63.7 Å². The van der Waals surface area contributed by atoms with E-state index in [2.05, 4.69) is 0 Å². The molecular weight excluding hydrogens is 266 g/mol. The summed E-state index contributed by atoms with van der Waals surface area (Å²) >= 11 is 0. The Kier molecular flexibility index (Phi) is 3.54. The van der Waals surface area contributed by atoms with Crippen molar-refractivity contribution in [2.45, 2.75) is 26.4 Å². The molecule has 0 saturated heterocycles. The summed E-state index contributed by atoms with van der Waals surface area (Å²) in [5.74, 6) is -0.379. The first kappa shape index (κ1) is 13.9. The predicted octanol–water partition coefficient (Wildman–Crippen LogP) is 1.57. The van der Waals surface area contributed by atoms with Gasteiger partial charge in [0.1, 0.15) is 0 Å². The monoisotopic (exact) mass is 283 g/mol. The number of hydrogen-bond donors (Lipinski definition) is 0. The molecule has 0 aliphatic carbocycles. The standard InChI is InChI=1S/C13H17NO4S/c1-9(2)18-13(15)11-4-5-12-10(8-11)6-7-14(12)19(3,16)17/h4-5,8-9H,6-7H2,1-3H3. The van der Waals surface area contributed by atoms with E-state index in [4.69, 9.17) is 4.74 Å². The van der Waals surface area contributed by atoms with E-state index in [1.807, 2.05) is 0 Å². The van der Waals surface area contributed by atoms with Gasteiger partial charge in [0.15, 0.2) is 0 Å². The molecule has 0 atom stereocenters. The third kappa shape index (κ3) is 2.89. The van der Waals surface area contributed by atoms with E-state index in [1.165, 1.54) is 10.6 Å². The molecule has 0 radical (unpaired) electrons. The lowest BCUT2D eigenvalue weighted by Crippen LogP contribution is -2.27. The number of carbonyl (C=O) groups excluding carboxylic acids is 1. The number of benzene rings is 1. The molecule has 0 saturated carbocycles. The van der Waals surface area contributed by atoms with Crippen molar-refractivity contribution in [2.75, 3.05) is 17.1 Å². The summed E-state index contributed by atoms with van der Waals surface area (Å²) in [5, 5.41) is 0. The van der Waals surface area contributed by atoms with Crippen molar-refractivity contribution in [3.63, 3.8) is 0 Å². The zero-order valence-corrected chi connectivity index (χ0v) is 12.0. The van der Waals surface area contributed by atoms with Crippen molar-refractivity contribution in [3.05, 3.63) is 29.3 Å². The Labute approximate surface area is 113 Å². The van der Waals surface area contributed by atoms with E-state index in [1.54, 1.807) is 32.0 Å². The molecule has 2 rings (SSSR count). The number of esters is 1. The Hall–Kier alpha value is -1.56. The van der Waals surface area contributed by atoms with Gasteiger partial charge in [-0.25, -0.2) is 13.2 Å². The molecule has 0 fully saturated rings. The molecule has 104 valence electrons. The maximum Gasteiger partial charge on any atom is 0.338 e. The van der Waals surface area contributed by atoms with Crippen molar-refractivity contribution >= 4 is 21.7 Å². The predicted molar refractivity (Wildman–Crippen MR) is 72.9 cm³/mol. The van der Waals surface area contributed by atoms with Gasteiger partial charge in [-0.1, -0.05) is 0 Å². The number of carbonyl (C=O) groups is 1. The summed E-state index contributed by atoms with van der Waals surface area (Å²) in [4.78, 5) is 11.8. The van der Waals surface area contributed by atoms with Crippen LogP contribution in [-0.4, -0.2) is 33.3 Å². The lowest BCUT2D eigenvalue weighted by Gasteiger charge is -2.16. The largest absolute Gasteiger partial charge is 0.459 e. The number of fused-ring (bicyclic) bond motifs is 1. The molecule has 0 spiro atoms. The highest BCUT2D eigenvalue weighted by atomic mass is 32.2. The Balaban J connectivity index is 2.30. The molecule has 0 bridgehead atoms. The Morgan fingerprint density at radius 3 is 2.63 bits per heavy atom. The van der Waals surface area contributed by atoms with E-state index >= 15 is 0 Å². The van der Waals surface area contributed by atoms with Gasteiger partial charge < -0.3 is 4.74 Å². The van der Waals surface area contributed by atoms with Crippen LogP contribution < -0.4 is 4.31 Å². The summed E-state index contributed by atoms with van der Waals surface area (Å²) in [5.41, 5.74) is 1.98. The highest BCUT2D eigenvalue weighted by Crippen LogP contribution is 2.30. The molecule has 1 aliphatic rings. The summed E-state index contributed by atoms with van der Waals surface area (Å²) in [6, 6.07) is 4.98. The first-order valence-corrected chi connectivity index (χ1v) is 7.95. The highest BCUT2D eigenvalue weighted by Gasteiger charge is 2.26. The van der Waals surface area contributed by atoms with Crippen LogP contribution in [0.2, 0.25) is 0 Å². The van der Waals surface area contributed by atoms with Gasteiger partial charge in [-0.3, -0.25) is 4.31 Å². The van der Waals surface area contributed by atoms with E-state index in [-0.39, 0.29) is 12.1 Å². The summed E-state index contributed by atoms with van der Waals surface area (Å²) in [6.07, 6.45) is 1.63. The van der Waals surface area contributed by atoms with Crippen molar-refractivity contribution < 1.29 is 17.9 Å². The molecule has 1 heterocycles. The van der Waals surface area contributed by atoms with Gasteiger partial charge >= 0.3 is 5.97 Å². The second-order valence-electron chi connectivity index (χ2n) is 4.88. The number of rotatable bonds is 3. The van der Waals surface area contributed by atoms with Crippen LogP contribution >= 0.6 is 0 Å². The number of sulfonamides is 1. The minimum atomic E-state index is -3.25. The van der Waals surface area contributed by atoms with Crippen LogP contribution in [0.15, 0.2) is 18.2 Å². The summed E-state index contributed by atoms with van der Waals surface area (Å²) < 4.78 is 29.7. The molecular formula is C13H17NO4S. The van der Waals surface area contributed by atoms with Crippen LogP contribution in [-0.2, 0) is 21.2 Å². The minimum absolute atomic E-state index is 0.173. The van der Waals surface area contributed by atoms with Crippen LogP contribution in [0, 0.1) is 0 Å². The lowest BCUT2D eigenvalue weighted by atomic mass is 10.1. The molecule has 1 aliphatic heterocycles. The average molecular weight is 283 g/mol. The first-order valence-electron chi connectivity index (χ1n) is 6.10. The highest BCUT2D eigenvalue weighted by molar-refractivity contribution is 7.92. The molecule has 1 aromatic rings. The second-order valence-corrected chi connectivity index (χ2v) is 6.79. The van der Waals surface area contributed by atoms with Crippen LogP contribution in [0.25, 0.3) is 0 Å². The van der Waals surface area contributed by atoms with Gasteiger partial charge in [0.05, 0.1) is 23.6 Å². The molecule has 6 heteroatoms. The summed E-state index contributed by atoms with van der Waals surface area (Å²) in [7, 11) is -3.25. The Bertz CT molecular complexity index is 607. The number of hydrogen-bond acceptors (Lipinski definition) is 4. The fraction of sp³-hybridized carbons (Fsp3) is 0.462. The zero-order valence-electron chi connectivity index (χ0n) is 11.2. The molecule has 0 unspecified atom stereocenters. The van der Waals surface area contributed by atoms with Crippen molar-refractivity contribution in [1.82, 2.24) is 0 Å². The molecule has 19 heavy (non-hydrogen) atoms. The van der Waals surface area contributed by atoms with Gasteiger partial charge in [-0.05, 0) is 44.0 Å². The average Bonchev–Trinajstić information content (AvgIpc) is 2.69. The normalized spacial score (nSPS) is 14.6. The van der Waals surface area contributed by atoms with E-state index in [0.717, 1.165) is 5.56 Å². The fourth-order valence-corrected chi connectivity index (χ4v) is 3.08. The maximum absolute atomic E-state index is 11.8. The molecule has 0 amide bonds. The molecule has 0 N–H and O–H groups in total. The second kappa shape index (κ2) is 4.85. The molecule has 5 nitrogen and oxygen atoms in total. The number of ether oxygens (including phenoxy) is 1. The Morgan fingerprint density at radius 2 is 2.05 bits per heavy atom.